The standard InChI is InChI=1S/C16H30O6/c1-5-19-15(18)14-13(22-14)7-6-10(3)20-16-9(2)8-12(17)11(4)21-16/h9-18H,5-8H2,1-4H3/t9-,10-,11+,12-,13-,14+,15?,16-/m1/s1. The highest BCUT2D eigenvalue weighted by atomic mass is 16.7. The van der Waals surface area contributed by atoms with Crippen molar-refractivity contribution in [1.29, 1.82) is 0 Å². The molecule has 2 rings (SSSR count). The second-order valence-electron chi connectivity index (χ2n) is 6.50. The zero-order valence-electron chi connectivity index (χ0n) is 14.0. The fourth-order valence-electron chi connectivity index (χ4n) is 2.89. The molecule has 6 nitrogen and oxygen atoms in total. The fraction of sp³-hybridized carbons (Fsp3) is 1.00. The van der Waals surface area contributed by atoms with Gasteiger partial charge in [0, 0.05) is 12.5 Å². The van der Waals surface area contributed by atoms with Crippen LogP contribution in [-0.2, 0) is 18.9 Å². The van der Waals surface area contributed by atoms with E-state index in [4.69, 9.17) is 18.9 Å². The molecule has 0 spiro atoms. The molecular formula is C16H30O6. The molecule has 1 unspecified atom stereocenters. The summed E-state index contributed by atoms with van der Waals surface area (Å²) >= 11 is 0. The first-order valence-corrected chi connectivity index (χ1v) is 8.36. The molecule has 2 N–H and O–H groups in total. The van der Waals surface area contributed by atoms with Gasteiger partial charge in [-0.2, -0.15) is 0 Å². The second-order valence-corrected chi connectivity index (χ2v) is 6.50. The van der Waals surface area contributed by atoms with E-state index in [0.29, 0.717) is 13.0 Å². The minimum Gasteiger partial charge on any atom is -0.390 e. The first kappa shape index (κ1) is 18.1. The van der Waals surface area contributed by atoms with E-state index in [-0.39, 0.29) is 36.6 Å². The van der Waals surface area contributed by atoms with Gasteiger partial charge in [-0.15, -0.1) is 0 Å². The van der Waals surface area contributed by atoms with Gasteiger partial charge in [-0.25, -0.2) is 0 Å². The van der Waals surface area contributed by atoms with E-state index in [0.717, 1.165) is 12.8 Å². The molecule has 8 atom stereocenters. The van der Waals surface area contributed by atoms with Crippen LogP contribution in [0.15, 0.2) is 0 Å². The van der Waals surface area contributed by atoms with E-state index in [1.165, 1.54) is 0 Å². The normalized spacial score (nSPS) is 41.2. The highest BCUT2D eigenvalue weighted by Crippen LogP contribution is 2.32. The van der Waals surface area contributed by atoms with Gasteiger partial charge in [0.1, 0.15) is 6.10 Å². The summed E-state index contributed by atoms with van der Waals surface area (Å²) in [5.74, 6) is 0.179. The lowest BCUT2D eigenvalue weighted by molar-refractivity contribution is -0.255. The number of aliphatic hydroxyl groups is 2. The zero-order valence-corrected chi connectivity index (χ0v) is 14.0. The zero-order chi connectivity index (χ0) is 16.3. The molecule has 6 heteroatoms. The van der Waals surface area contributed by atoms with E-state index < -0.39 is 12.4 Å². The molecule has 22 heavy (non-hydrogen) atoms. The van der Waals surface area contributed by atoms with Crippen molar-refractivity contribution in [2.24, 2.45) is 5.92 Å². The summed E-state index contributed by atoms with van der Waals surface area (Å²) in [6.45, 7) is 8.25. The molecule has 0 aromatic carbocycles. The molecule has 0 bridgehead atoms. The Balaban J connectivity index is 1.65. The van der Waals surface area contributed by atoms with E-state index in [1.807, 2.05) is 27.7 Å². The Morgan fingerprint density at radius 1 is 1.27 bits per heavy atom. The number of rotatable bonds is 8. The largest absolute Gasteiger partial charge is 0.390 e. The quantitative estimate of drug-likeness (QED) is 0.520. The molecule has 130 valence electrons. The maximum Gasteiger partial charge on any atom is 0.183 e. The highest BCUT2D eigenvalue weighted by molar-refractivity contribution is 4.87. The van der Waals surface area contributed by atoms with Gasteiger partial charge in [-0.3, -0.25) is 0 Å². The summed E-state index contributed by atoms with van der Waals surface area (Å²) in [5.41, 5.74) is 0. The lowest BCUT2D eigenvalue weighted by atomic mass is 9.96. The Morgan fingerprint density at radius 3 is 2.68 bits per heavy atom. The van der Waals surface area contributed by atoms with Crippen molar-refractivity contribution < 1.29 is 29.2 Å². The molecular weight excluding hydrogens is 288 g/mol. The van der Waals surface area contributed by atoms with Crippen LogP contribution < -0.4 is 0 Å². The summed E-state index contributed by atoms with van der Waals surface area (Å²) in [6.07, 6.45) is 0.575. The van der Waals surface area contributed by atoms with Gasteiger partial charge >= 0.3 is 0 Å². The lowest BCUT2D eigenvalue weighted by Crippen LogP contribution is -2.44. The molecule has 2 aliphatic rings. The molecule has 0 amide bonds. The summed E-state index contributed by atoms with van der Waals surface area (Å²) in [7, 11) is 0. The minimum absolute atomic E-state index is 0.0454. The number of hydrogen-bond acceptors (Lipinski definition) is 6. The third kappa shape index (κ3) is 4.88. The number of epoxide rings is 1. The predicted octanol–water partition coefficient (Wildman–Crippen LogP) is 1.43. The van der Waals surface area contributed by atoms with E-state index in [9.17, 15) is 10.2 Å². The third-order valence-electron chi connectivity index (χ3n) is 4.43. The number of aliphatic hydroxyl groups excluding tert-OH is 2. The van der Waals surface area contributed by atoms with Crippen LogP contribution >= 0.6 is 0 Å². The van der Waals surface area contributed by atoms with Gasteiger partial charge in [0.15, 0.2) is 12.6 Å². The molecule has 2 heterocycles. The van der Waals surface area contributed by atoms with Gasteiger partial charge < -0.3 is 29.2 Å². The Labute approximate surface area is 132 Å². The molecule has 0 saturated carbocycles. The van der Waals surface area contributed by atoms with Crippen LogP contribution in [0.3, 0.4) is 0 Å². The van der Waals surface area contributed by atoms with Gasteiger partial charge in [0.05, 0.1) is 24.4 Å². The van der Waals surface area contributed by atoms with E-state index >= 15 is 0 Å². The summed E-state index contributed by atoms with van der Waals surface area (Å²) < 4.78 is 22.2. The number of ether oxygens (including phenoxy) is 4. The molecule has 2 saturated heterocycles. The maximum atomic E-state index is 9.78. The minimum atomic E-state index is -0.824. The molecule has 0 radical (unpaired) electrons. The Hall–Kier alpha value is -0.240. The summed E-state index contributed by atoms with van der Waals surface area (Å²) in [5, 5.41) is 19.4. The van der Waals surface area contributed by atoms with Crippen LogP contribution in [0.2, 0.25) is 0 Å². The van der Waals surface area contributed by atoms with Crippen molar-refractivity contribution in [3.63, 3.8) is 0 Å². The Bertz CT molecular complexity index is 339. The molecule has 0 aromatic heterocycles. The third-order valence-corrected chi connectivity index (χ3v) is 4.43. The van der Waals surface area contributed by atoms with Crippen LogP contribution in [0.4, 0.5) is 0 Å². The molecule has 0 aliphatic carbocycles. The average molecular weight is 318 g/mol. The summed E-state index contributed by atoms with van der Waals surface area (Å²) in [6, 6.07) is 0. The smallest absolute Gasteiger partial charge is 0.183 e. The number of hydrogen-bond donors (Lipinski definition) is 2. The Kier molecular flexibility index (Phi) is 6.61. The van der Waals surface area contributed by atoms with Crippen molar-refractivity contribution in [3.8, 4) is 0 Å². The lowest BCUT2D eigenvalue weighted by Gasteiger charge is -2.37. The molecule has 2 aliphatic heterocycles. The molecule has 2 fully saturated rings. The van der Waals surface area contributed by atoms with E-state index in [2.05, 4.69) is 0 Å². The van der Waals surface area contributed by atoms with Crippen molar-refractivity contribution in [3.05, 3.63) is 0 Å². The molecule has 0 aromatic rings. The van der Waals surface area contributed by atoms with Crippen LogP contribution in [0.1, 0.15) is 47.0 Å². The van der Waals surface area contributed by atoms with Crippen molar-refractivity contribution in [1.82, 2.24) is 0 Å². The van der Waals surface area contributed by atoms with Crippen molar-refractivity contribution in [2.45, 2.75) is 90.1 Å². The van der Waals surface area contributed by atoms with Crippen LogP contribution in [0, 0.1) is 5.92 Å². The highest BCUT2D eigenvalue weighted by Gasteiger charge is 2.44. The van der Waals surface area contributed by atoms with Crippen LogP contribution in [0.5, 0.6) is 0 Å². The monoisotopic (exact) mass is 318 g/mol. The average Bonchev–Trinajstić information content (AvgIpc) is 3.22. The van der Waals surface area contributed by atoms with Crippen molar-refractivity contribution >= 4 is 0 Å². The topological polar surface area (TPSA) is 80.7 Å². The Morgan fingerprint density at radius 2 is 2.00 bits per heavy atom. The van der Waals surface area contributed by atoms with Crippen molar-refractivity contribution in [2.75, 3.05) is 6.61 Å². The van der Waals surface area contributed by atoms with Gasteiger partial charge in [-0.05, 0) is 40.0 Å². The van der Waals surface area contributed by atoms with E-state index in [1.54, 1.807) is 0 Å². The van der Waals surface area contributed by atoms with Gasteiger partial charge in [-0.1, -0.05) is 6.92 Å². The summed E-state index contributed by atoms with van der Waals surface area (Å²) in [4.78, 5) is 0. The first-order chi connectivity index (χ1) is 10.4. The second kappa shape index (κ2) is 8.04. The van der Waals surface area contributed by atoms with Crippen LogP contribution in [0.25, 0.3) is 0 Å². The van der Waals surface area contributed by atoms with Gasteiger partial charge in [0.25, 0.3) is 0 Å². The predicted molar refractivity (Wildman–Crippen MR) is 80.2 cm³/mol. The maximum absolute atomic E-state index is 9.78. The SMILES string of the molecule is CCOC(O)[C@H]1O[C@@H]1CC[C@@H](C)O[C@@H]1O[C@@H](C)[C@H](O)C[C@H]1C. The first-order valence-electron chi connectivity index (χ1n) is 8.36. The fourth-order valence-corrected chi connectivity index (χ4v) is 2.89. The van der Waals surface area contributed by atoms with Gasteiger partial charge in [0.2, 0.25) is 0 Å². The van der Waals surface area contributed by atoms with Crippen LogP contribution in [-0.4, -0.2) is 59.9 Å².